The Morgan fingerprint density at radius 2 is 1.53 bits per heavy atom. The van der Waals surface area contributed by atoms with Crippen molar-refractivity contribution in [1.82, 2.24) is 4.90 Å². The third kappa shape index (κ3) is 4.78. The quantitative estimate of drug-likeness (QED) is 0.585. The van der Waals surface area contributed by atoms with Crippen LogP contribution in [0.5, 0.6) is 0 Å². The number of Topliss-reactive ketones (excluding diaryl/α,β-unsaturated/α-hetero) is 1. The Labute approximate surface area is 188 Å². The summed E-state index contributed by atoms with van der Waals surface area (Å²) in [7, 11) is 0. The molecule has 0 bridgehead atoms. The first-order valence-electron chi connectivity index (χ1n) is 10.9. The van der Waals surface area contributed by atoms with Gasteiger partial charge in [-0.2, -0.15) is 0 Å². The lowest BCUT2D eigenvalue weighted by Crippen LogP contribution is -2.46. The summed E-state index contributed by atoms with van der Waals surface area (Å²) in [4.78, 5) is 27.3. The molecule has 1 N–H and O–H groups in total. The van der Waals surface area contributed by atoms with Gasteiger partial charge in [-0.1, -0.05) is 42.5 Å². The van der Waals surface area contributed by atoms with E-state index in [2.05, 4.69) is 22.3 Å². The molecule has 3 aromatic carbocycles. The van der Waals surface area contributed by atoms with Crippen molar-refractivity contribution in [3.05, 3.63) is 101 Å². The van der Waals surface area contributed by atoms with E-state index >= 15 is 0 Å². The summed E-state index contributed by atoms with van der Waals surface area (Å²) < 4.78 is 13.0. The standard InChI is InChI=1S/C27H27FN2O2/c1-20(31)27(23-5-3-2-4-6-23)15-17-30(18-16-27)19-21-7-9-22(10-8-21)26(32)29-25-13-11-24(28)12-14-25/h2-14H,15-19H2,1H3,(H,29,32). The highest BCUT2D eigenvalue weighted by atomic mass is 19.1. The summed E-state index contributed by atoms with van der Waals surface area (Å²) in [5.74, 6) is -0.329. The van der Waals surface area contributed by atoms with Crippen molar-refractivity contribution in [1.29, 1.82) is 0 Å². The molecule has 1 aliphatic rings. The number of likely N-dealkylation sites (tertiary alicyclic amines) is 1. The van der Waals surface area contributed by atoms with Crippen LogP contribution >= 0.6 is 0 Å². The summed E-state index contributed by atoms with van der Waals surface area (Å²) in [6, 6.07) is 23.3. The van der Waals surface area contributed by atoms with E-state index < -0.39 is 0 Å². The molecule has 32 heavy (non-hydrogen) atoms. The molecule has 5 heteroatoms. The van der Waals surface area contributed by atoms with Crippen molar-refractivity contribution in [2.24, 2.45) is 0 Å². The Bertz CT molecular complexity index is 1070. The average Bonchev–Trinajstić information content (AvgIpc) is 2.82. The van der Waals surface area contributed by atoms with E-state index in [1.54, 1.807) is 6.92 Å². The molecule has 0 aromatic heterocycles. The van der Waals surface area contributed by atoms with Crippen molar-refractivity contribution in [3.63, 3.8) is 0 Å². The molecule has 4 rings (SSSR count). The number of amides is 1. The molecule has 164 valence electrons. The topological polar surface area (TPSA) is 49.4 Å². The number of benzene rings is 3. The Kier molecular flexibility index (Phi) is 6.47. The number of nitrogens with zero attached hydrogens (tertiary/aromatic N) is 1. The van der Waals surface area contributed by atoms with Crippen LogP contribution in [0.1, 0.15) is 41.3 Å². The lowest BCUT2D eigenvalue weighted by molar-refractivity contribution is -0.124. The first kappa shape index (κ1) is 21.9. The second-order valence-electron chi connectivity index (χ2n) is 8.44. The molecule has 1 amide bonds. The van der Waals surface area contributed by atoms with Crippen molar-refractivity contribution in [3.8, 4) is 0 Å². The van der Waals surface area contributed by atoms with Gasteiger partial charge in [0.1, 0.15) is 11.6 Å². The number of carbonyl (C=O) groups excluding carboxylic acids is 2. The van der Waals surface area contributed by atoms with E-state index in [-0.39, 0.29) is 22.9 Å². The molecule has 4 nitrogen and oxygen atoms in total. The van der Waals surface area contributed by atoms with Crippen LogP contribution in [0.3, 0.4) is 0 Å². The zero-order valence-corrected chi connectivity index (χ0v) is 18.2. The Balaban J connectivity index is 1.36. The molecule has 0 atom stereocenters. The third-order valence-electron chi connectivity index (χ3n) is 6.43. The number of carbonyl (C=O) groups is 2. The van der Waals surface area contributed by atoms with Crippen molar-refractivity contribution < 1.29 is 14.0 Å². The highest BCUT2D eigenvalue weighted by Gasteiger charge is 2.40. The maximum absolute atomic E-state index is 13.0. The predicted molar refractivity (Wildman–Crippen MR) is 124 cm³/mol. The van der Waals surface area contributed by atoms with E-state index in [1.165, 1.54) is 24.3 Å². The van der Waals surface area contributed by atoms with Gasteiger partial charge in [-0.3, -0.25) is 14.5 Å². The van der Waals surface area contributed by atoms with Crippen molar-refractivity contribution >= 4 is 17.4 Å². The molecular formula is C27H27FN2O2. The third-order valence-corrected chi connectivity index (χ3v) is 6.43. The number of anilines is 1. The second-order valence-corrected chi connectivity index (χ2v) is 8.44. The number of hydrogen-bond donors (Lipinski definition) is 1. The van der Waals surface area contributed by atoms with Crippen molar-refractivity contribution in [2.75, 3.05) is 18.4 Å². The summed E-state index contributed by atoms with van der Waals surface area (Å²) in [6.07, 6.45) is 1.62. The SMILES string of the molecule is CC(=O)C1(c2ccccc2)CCN(Cc2ccc(C(=O)Nc3ccc(F)cc3)cc2)CC1. The molecule has 3 aromatic rings. The smallest absolute Gasteiger partial charge is 0.255 e. The average molecular weight is 431 g/mol. The van der Waals surface area contributed by atoms with Crippen LogP contribution in [-0.4, -0.2) is 29.7 Å². The van der Waals surface area contributed by atoms with Crippen LogP contribution in [0.4, 0.5) is 10.1 Å². The molecule has 0 saturated carbocycles. The van der Waals surface area contributed by atoms with Gasteiger partial charge in [0.05, 0.1) is 5.41 Å². The molecule has 0 aliphatic carbocycles. The van der Waals surface area contributed by atoms with E-state index in [9.17, 15) is 14.0 Å². The predicted octanol–water partition coefficient (Wildman–Crippen LogP) is 5.20. The zero-order valence-electron chi connectivity index (χ0n) is 18.2. The summed E-state index contributed by atoms with van der Waals surface area (Å²) in [5.41, 5.74) is 2.96. The van der Waals surface area contributed by atoms with E-state index in [0.717, 1.165) is 43.6 Å². The van der Waals surface area contributed by atoms with Gasteiger partial charge in [0.2, 0.25) is 0 Å². The molecule has 0 spiro atoms. The number of hydrogen-bond acceptors (Lipinski definition) is 3. The molecule has 1 heterocycles. The normalized spacial score (nSPS) is 15.8. The Hall–Kier alpha value is -3.31. The van der Waals surface area contributed by atoms with E-state index in [1.807, 2.05) is 42.5 Å². The summed E-state index contributed by atoms with van der Waals surface area (Å²) in [5, 5.41) is 2.77. The van der Waals surface area contributed by atoms with Gasteiger partial charge in [0.15, 0.2) is 0 Å². The van der Waals surface area contributed by atoms with Gasteiger partial charge >= 0.3 is 0 Å². The number of ketones is 1. The highest BCUT2D eigenvalue weighted by Crippen LogP contribution is 2.36. The van der Waals surface area contributed by atoms with Crippen LogP contribution in [-0.2, 0) is 16.8 Å². The fourth-order valence-electron chi connectivity index (χ4n) is 4.45. The van der Waals surface area contributed by atoms with Gasteiger partial charge in [-0.05, 0) is 80.4 Å². The number of nitrogens with one attached hydrogen (secondary N) is 1. The summed E-state index contributed by atoms with van der Waals surface area (Å²) in [6.45, 7) is 4.18. The molecule has 0 unspecified atom stereocenters. The summed E-state index contributed by atoms with van der Waals surface area (Å²) >= 11 is 0. The number of piperidine rings is 1. The zero-order chi connectivity index (χ0) is 22.6. The minimum atomic E-state index is -0.389. The minimum absolute atomic E-state index is 0.227. The van der Waals surface area contributed by atoms with Crippen LogP contribution in [0.2, 0.25) is 0 Å². The number of halogens is 1. The largest absolute Gasteiger partial charge is 0.322 e. The Morgan fingerprint density at radius 1 is 0.906 bits per heavy atom. The van der Waals surface area contributed by atoms with Crippen molar-refractivity contribution in [2.45, 2.75) is 31.7 Å². The molecular weight excluding hydrogens is 403 g/mol. The lowest BCUT2D eigenvalue weighted by atomic mass is 9.70. The lowest BCUT2D eigenvalue weighted by Gasteiger charge is -2.40. The second kappa shape index (κ2) is 9.45. The van der Waals surface area contributed by atoms with E-state index in [0.29, 0.717) is 11.3 Å². The number of rotatable bonds is 6. The first-order chi connectivity index (χ1) is 15.5. The van der Waals surface area contributed by atoms with Gasteiger partial charge in [0.25, 0.3) is 5.91 Å². The molecule has 1 aliphatic heterocycles. The molecule has 1 fully saturated rings. The fourth-order valence-corrected chi connectivity index (χ4v) is 4.45. The van der Waals surface area contributed by atoms with Gasteiger partial charge in [-0.15, -0.1) is 0 Å². The van der Waals surface area contributed by atoms with Gasteiger partial charge < -0.3 is 5.32 Å². The van der Waals surface area contributed by atoms with Gasteiger partial charge in [-0.25, -0.2) is 4.39 Å². The first-order valence-corrected chi connectivity index (χ1v) is 10.9. The monoisotopic (exact) mass is 430 g/mol. The fraction of sp³-hybridized carbons (Fsp3) is 0.259. The maximum Gasteiger partial charge on any atom is 0.255 e. The minimum Gasteiger partial charge on any atom is -0.322 e. The highest BCUT2D eigenvalue weighted by molar-refractivity contribution is 6.04. The molecule has 0 radical (unpaired) electrons. The van der Waals surface area contributed by atoms with Crippen LogP contribution in [0.25, 0.3) is 0 Å². The van der Waals surface area contributed by atoms with Crippen LogP contribution < -0.4 is 5.32 Å². The van der Waals surface area contributed by atoms with Gasteiger partial charge in [0, 0.05) is 17.8 Å². The maximum atomic E-state index is 13.0. The molecule has 1 saturated heterocycles. The Morgan fingerprint density at radius 3 is 2.12 bits per heavy atom. The van der Waals surface area contributed by atoms with Crippen LogP contribution in [0, 0.1) is 5.82 Å². The van der Waals surface area contributed by atoms with Crippen LogP contribution in [0.15, 0.2) is 78.9 Å². The van der Waals surface area contributed by atoms with E-state index in [4.69, 9.17) is 0 Å².